The highest BCUT2D eigenvalue weighted by Crippen LogP contribution is 2.32. The van der Waals surface area contributed by atoms with Crippen LogP contribution in [0.1, 0.15) is 27.2 Å². The summed E-state index contributed by atoms with van der Waals surface area (Å²) in [5, 5.41) is 3.58. The fourth-order valence-electron chi connectivity index (χ4n) is 2.63. The maximum absolute atomic E-state index is 14.1. The van der Waals surface area contributed by atoms with E-state index in [1.807, 2.05) is 6.07 Å². The van der Waals surface area contributed by atoms with Crippen molar-refractivity contribution in [1.29, 1.82) is 0 Å². The molecule has 106 valence electrons. The van der Waals surface area contributed by atoms with Crippen molar-refractivity contribution in [3.63, 3.8) is 0 Å². The maximum atomic E-state index is 14.1. The smallest absolute Gasteiger partial charge is 0.147 e. The van der Waals surface area contributed by atoms with E-state index in [0.717, 1.165) is 24.0 Å². The van der Waals surface area contributed by atoms with E-state index in [0.29, 0.717) is 23.7 Å². The quantitative estimate of drug-likeness (QED) is 0.907. The number of halogens is 2. The Bertz CT molecular complexity index is 418. The van der Waals surface area contributed by atoms with Crippen molar-refractivity contribution in [2.45, 2.75) is 39.3 Å². The highest BCUT2D eigenvalue weighted by atomic mass is 79.9. The topological polar surface area (TPSA) is 15.3 Å². The zero-order valence-corrected chi connectivity index (χ0v) is 13.4. The number of hydrogen-bond donors (Lipinski definition) is 1. The Kier molecular flexibility index (Phi) is 4.85. The molecule has 0 amide bonds. The van der Waals surface area contributed by atoms with Crippen LogP contribution in [0.25, 0.3) is 0 Å². The average Bonchev–Trinajstić information content (AvgIpc) is 2.39. The first-order chi connectivity index (χ1) is 9.04. The van der Waals surface area contributed by atoms with Gasteiger partial charge in [-0.2, -0.15) is 0 Å². The number of rotatable bonds is 3. The van der Waals surface area contributed by atoms with Crippen LogP contribution in [0.2, 0.25) is 0 Å². The number of anilines is 1. The highest BCUT2D eigenvalue weighted by Gasteiger charge is 2.30. The summed E-state index contributed by atoms with van der Waals surface area (Å²) in [7, 11) is 0. The van der Waals surface area contributed by atoms with Gasteiger partial charge in [0, 0.05) is 29.6 Å². The van der Waals surface area contributed by atoms with Crippen LogP contribution >= 0.6 is 15.9 Å². The second kappa shape index (κ2) is 6.23. The molecule has 4 heteroatoms. The van der Waals surface area contributed by atoms with Crippen LogP contribution < -0.4 is 10.2 Å². The van der Waals surface area contributed by atoms with Gasteiger partial charge in [0.05, 0.1) is 5.69 Å². The van der Waals surface area contributed by atoms with E-state index >= 15 is 0 Å². The molecule has 0 aromatic heterocycles. The van der Waals surface area contributed by atoms with Crippen molar-refractivity contribution >= 4 is 21.6 Å². The lowest BCUT2D eigenvalue weighted by Crippen LogP contribution is -2.57. The van der Waals surface area contributed by atoms with E-state index < -0.39 is 0 Å². The van der Waals surface area contributed by atoms with Gasteiger partial charge in [-0.1, -0.05) is 26.3 Å². The summed E-state index contributed by atoms with van der Waals surface area (Å²) in [6, 6.07) is 5.90. The van der Waals surface area contributed by atoms with Gasteiger partial charge in [-0.25, -0.2) is 4.39 Å². The van der Waals surface area contributed by atoms with Crippen molar-refractivity contribution in [2.75, 3.05) is 18.0 Å². The van der Waals surface area contributed by atoms with E-state index in [-0.39, 0.29) is 5.82 Å². The lowest BCUT2D eigenvalue weighted by Gasteiger charge is -2.42. The Hall–Kier alpha value is -0.610. The van der Waals surface area contributed by atoms with E-state index in [4.69, 9.17) is 0 Å². The van der Waals surface area contributed by atoms with Crippen molar-refractivity contribution in [1.82, 2.24) is 5.32 Å². The predicted octanol–water partition coefficient (Wildman–Crippen LogP) is 3.80. The van der Waals surface area contributed by atoms with Gasteiger partial charge in [-0.3, -0.25) is 0 Å². The fraction of sp³-hybridized carbons (Fsp3) is 0.600. The van der Waals surface area contributed by atoms with Crippen LogP contribution in [0.15, 0.2) is 22.7 Å². The van der Waals surface area contributed by atoms with Crippen LogP contribution in [0.5, 0.6) is 0 Å². The van der Waals surface area contributed by atoms with Crippen molar-refractivity contribution in [3.05, 3.63) is 28.5 Å². The third-order valence-corrected chi connectivity index (χ3v) is 4.80. The lowest BCUT2D eigenvalue weighted by molar-refractivity contribution is 0.314. The molecular weight excluding hydrogens is 307 g/mol. The minimum absolute atomic E-state index is 0.147. The van der Waals surface area contributed by atoms with E-state index in [9.17, 15) is 4.39 Å². The molecule has 1 aromatic rings. The van der Waals surface area contributed by atoms with Gasteiger partial charge in [-0.15, -0.1) is 0 Å². The number of nitrogens with one attached hydrogen (secondary N) is 1. The number of hydrogen-bond acceptors (Lipinski definition) is 2. The Morgan fingerprint density at radius 3 is 2.89 bits per heavy atom. The van der Waals surface area contributed by atoms with Crippen LogP contribution in [-0.2, 0) is 0 Å². The summed E-state index contributed by atoms with van der Waals surface area (Å²) in [5.41, 5.74) is 0.699. The third kappa shape index (κ3) is 3.11. The van der Waals surface area contributed by atoms with Gasteiger partial charge >= 0.3 is 0 Å². The summed E-state index contributed by atoms with van der Waals surface area (Å²) in [6.45, 7) is 8.35. The normalized spacial score (nSPS) is 25.4. The molecule has 1 heterocycles. The number of para-hydroxylation sites is 1. The van der Waals surface area contributed by atoms with Gasteiger partial charge in [0.15, 0.2) is 0 Å². The third-order valence-electron chi connectivity index (χ3n) is 4.16. The van der Waals surface area contributed by atoms with Crippen LogP contribution in [0.4, 0.5) is 10.1 Å². The average molecular weight is 329 g/mol. The number of piperazine rings is 1. The summed E-state index contributed by atoms with van der Waals surface area (Å²) in [5.74, 6) is 0.451. The zero-order chi connectivity index (χ0) is 14.0. The molecule has 1 saturated heterocycles. The van der Waals surface area contributed by atoms with E-state index in [1.54, 1.807) is 6.07 Å². The Morgan fingerprint density at radius 2 is 2.26 bits per heavy atom. The van der Waals surface area contributed by atoms with Gasteiger partial charge in [0.1, 0.15) is 5.82 Å². The maximum Gasteiger partial charge on any atom is 0.147 e. The first-order valence-corrected chi connectivity index (χ1v) is 7.78. The molecule has 1 fully saturated rings. The van der Waals surface area contributed by atoms with Gasteiger partial charge in [0.25, 0.3) is 0 Å². The molecular formula is C15H22BrFN2. The Labute approximate surface area is 123 Å². The van der Waals surface area contributed by atoms with Gasteiger partial charge in [0.2, 0.25) is 0 Å². The minimum Gasteiger partial charge on any atom is -0.363 e. The van der Waals surface area contributed by atoms with Crippen molar-refractivity contribution in [2.24, 2.45) is 5.92 Å². The van der Waals surface area contributed by atoms with Gasteiger partial charge in [-0.05, 0) is 40.9 Å². The van der Waals surface area contributed by atoms with Crippen molar-refractivity contribution < 1.29 is 4.39 Å². The van der Waals surface area contributed by atoms with Gasteiger partial charge < -0.3 is 10.2 Å². The Balaban J connectivity index is 2.26. The predicted molar refractivity (Wildman–Crippen MR) is 82.2 cm³/mol. The molecule has 3 unspecified atom stereocenters. The number of nitrogens with zero attached hydrogens (tertiary/aromatic N) is 1. The molecule has 0 bridgehead atoms. The molecule has 0 radical (unpaired) electrons. The van der Waals surface area contributed by atoms with Crippen molar-refractivity contribution in [3.8, 4) is 0 Å². The van der Waals surface area contributed by atoms with E-state index in [1.165, 1.54) is 6.07 Å². The summed E-state index contributed by atoms with van der Waals surface area (Å²) < 4.78 is 15.0. The molecule has 19 heavy (non-hydrogen) atoms. The van der Waals surface area contributed by atoms with E-state index in [2.05, 4.69) is 46.9 Å². The number of benzene rings is 1. The molecule has 3 atom stereocenters. The highest BCUT2D eigenvalue weighted by molar-refractivity contribution is 9.10. The fourth-order valence-corrected chi connectivity index (χ4v) is 3.20. The molecule has 1 aromatic carbocycles. The molecule has 2 nitrogen and oxygen atoms in total. The first kappa shape index (κ1) is 14.8. The molecule has 0 saturated carbocycles. The zero-order valence-electron chi connectivity index (χ0n) is 11.8. The molecule has 0 aliphatic carbocycles. The largest absolute Gasteiger partial charge is 0.363 e. The molecule has 1 aliphatic rings. The summed E-state index contributed by atoms with van der Waals surface area (Å²) in [6.07, 6.45) is 1.14. The monoisotopic (exact) mass is 328 g/mol. The minimum atomic E-state index is -0.147. The SMILES string of the molecule is CCC(C)C1CN(c2c(F)cccc2Br)C(C)CN1. The molecule has 1 N–H and O–H groups in total. The second-order valence-electron chi connectivity index (χ2n) is 5.47. The summed E-state index contributed by atoms with van der Waals surface area (Å²) in [4.78, 5) is 2.19. The standard InChI is InChI=1S/C15H22BrFN2/c1-4-10(2)14-9-19(11(3)8-18-14)15-12(16)6-5-7-13(15)17/h5-7,10-11,14,18H,4,8-9H2,1-3H3. The first-order valence-electron chi connectivity index (χ1n) is 6.98. The molecule has 1 aliphatic heterocycles. The Morgan fingerprint density at radius 1 is 1.53 bits per heavy atom. The van der Waals surface area contributed by atoms with Crippen LogP contribution in [-0.4, -0.2) is 25.2 Å². The second-order valence-corrected chi connectivity index (χ2v) is 6.33. The van der Waals surface area contributed by atoms with Crippen LogP contribution in [0.3, 0.4) is 0 Å². The summed E-state index contributed by atoms with van der Waals surface area (Å²) >= 11 is 3.48. The molecule has 0 spiro atoms. The van der Waals surface area contributed by atoms with Crippen LogP contribution in [0, 0.1) is 11.7 Å². The lowest BCUT2D eigenvalue weighted by atomic mass is 9.95. The molecule has 2 rings (SSSR count).